The number of hydrogen-bond donors (Lipinski definition) is 0. The molecule has 0 aliphatic carbocycles. The zero-order valence-corrected chi connectivity index (χ0v) is 35.7. The molecular formula is C50H43BrFNSi2. The monoisotopic (exact) mass is 811 g/mol. The number of rotatable bonds is 7. The fourth-order valence-electron chi connectivity index (χ4n) is 8.66. The minimum absolute atomic E-state index is 0.265. The van der Waals surface area contributed by atoms with E-state index in [1.54, 1.807) is 6.07 Å². The topological polar surface area (TPSA) is 3.24 Å². The van der Waals surface area contributed by atoms with Crippen molar-refractivity contribution in [2.75, 3.05) is 4.90 Å². The van der Waals surface area contributed by atoms with Crippen molar-refractivity contribution in [2.24, 2.45) is 0 Å². The molecule has 0 fully saturated rings. The van der Waals surface area contributed by atoms with Crippen molar-refractivity contribution in [1.29, 1.82) is 0 Å². The molecule has 0 unspecified atom stereocenters. The van der Waals surface area contributed by atoms with Crippen LogP contribution in [0.25, 0.3) is 65.3 Å². The molecule has 1 nitrogen and oxygen atoms in total. The first-order chi connectivity index (χ1) is 26.4. The lowest BCUT2D eigenvalue weighted by molar-refractivity contribution is 0.630. The van der Waals surface area contributed by atoms with E-state index in [9.17, 15) is 0 Å². The summed E-state index contributed by atoms with van der Waals surface area (Å²) in [5.74, 6) is -0.265. The summed E-state index contributed by atoms with van der Waals surface area (Å²) in [6.45, 7) is 14.6. The quantitative estimate of drug-likeness (QED) is 0.0880. The van der Waals surface area contributed by atoms with Gasteiger partial charge in [0, 0.05) is 26.5 Å². The van der Waals surface area contributed by atoms with Gasteiger partial charge in [0.05, 0.1) is 27.5 Å². The summed E-state index contributed by atoms with van der Waals surface area (Å²) in [6, 6.07) is 53.1. The predicted octanol–water partition coefficient (Wildman–Crippen LogP) is 14.5. The lowest BCUT2D eigenvalue weighted by Crippen LogP contribution is -2.39. The third kappa shape index (κ3) is 5.92. The summed E-state index contributed by atoms with van der Waals surface area (Å²) < 4.78 is 18.8. The number of hydrogen-bond acceptors (Lipinski definition) is 1. The van der Waals surface area contributed by atoms with E-state index in [2.05, 4.69) is 163 Å². The van der Waals surface area contributed by atoms with Gasteiger partial charge in [-0.25, -0.2) is 4.39 Å². The standard InChI is InChI=1S/C50H43BrFNSi2/c1-54(2,3)44-30-41(51)46-36-24-16-17-25-37(36)47-45(55(4,5)6)31-43(38-26-27-39(44)49(46)48(38)47)53(35-22-14-9-15-23-35)50-40(33-20-12-8-13-21-33)28-34(29-42(50)52)32-18-10-7-11-19-32/h7-31H,1-6H3. The highest BCUT2D eigenvalue weighted by atomic mass is 79.9. The molecule has 0 heterocycles. The van der Waals surface area contributed by atoms with Crippen molar-refractivity contribution in [3.8, 4) is 22.3 Å². The van der Waals surface area contributed by atoms with Crippen LogP contribution in [0.3, 0.4) is 0 Å². The van der Waals surface area contributed by atoms with E-state index in [0.717, 1.165) is 43.5 Å². The minimum Gasteiger partial charge on any atom is -0.307 e. The minimum atomic E-state index is -2.05. The fourth-order valence-corrected chi connectivity index (χ4v) is 12.7. The summed E-state index contributed by atoms with van der Waals surface area (Å²) in [6.07, 6.45) is 0. The average Bonchev–Trinajstić information content (AvgIpc) is 3.18. The van der Waals surface area contributed by atoms with Gasteiger partial charge in [0.25, 0.3) is 0 Å². The maximum Gasteiger partial charge on any atom is 0.148 e. The van der Waals surface area contributed by atoms with Crippen LogP contribution >= 0.6 is 15.9 Å². The Morgan fingerprint density at radius 1 is 0.455 bits per heavy atom. The Bertz CT molecular complexity index is 2900. The number of benzene rings is 9. The smallest absolute Gasteiger partial charge is 0.148 e. The van der Waals surface area contributed by atoms with E-state index in [0.29, 0.717) is 5.69 Å². The van der Waals surface area contributed by atoms with Crippen molar-refractivity contribution < 1.29 is 4.39 Å². The highest BCUT2D eigenvalue weighted by molar-refractivity contribution is 9.10. The summed E-state index contributed by atoms with van der Waals surface area (Å²) in [5, 5.41) is 13.0. The van der Waals surface area contributed by atoms with Gasteiger partial charge in [-0.2, -0.15) is 0 Å². The number of nitrogens with zero attached hydrogens (tertiary/aromatic N) is 1. The van der Waals surface area contributed by atoms with Crippen molar-refractivity contribution in [3.63, 3.8) is 0 Å². The van der Waals surface area contributed by atoms with Gasteiger partial charge in [-0.05, 0) is 90.6 Å². The van der Waals surface area contributed by atoms with Crippen LogP contribution in [-0.4, -0.2) is 16.1 Å². The normalized spacial score (nSPS) is 12.4. The van der Waals surface area contributed by atoms with E-state index in [1.165, 1.54) is 48.1 Å². The molecule has 0 aliphatic heterocycles. The van der Waals surface area contributed by atoms with Crippen LogP contribution in [0.2, 0.25) is 39.3 Å². The van der Waals surface area contributed by atoms with E-state index in [1.807, 2.05) is 42.5 Å². The molecule has 270 valence electrons. The van der Waals surface area contributed by atoms with E-state index >= 15 is 4.39 Å². The van der Waals surface area contributed by atoms with E-state index in [4.69, 9.17) is 0 Å². The lowest BCUT2D eigenvalue weighted by atomic mass is 9.88. The number of halogens is 2. The Labute approximate surface area is 333 Å². The summed E-state index contributed by atoms with van der Waals surface area (Å²) >= 11 is 4.13. The van der Waals surface area contributed by atoms with Crippen LogP contribution in [0.5, 0.6) is 0 Å². The van der Waals surface area contributed by atoms with Gasteiger partial charge >= 0.3 is 0 Å². The molecule has 9 aromatic carbocycles. The zero-order valence-electron chi connectivity index (χ0n) is 32.1. The van der Waals surface area contributed by atoms with Crippen LogP contribution in [0.4, 0.5) is 21.5 Å². The third-order valence-corrected chi connectivity index (χ3v) is 15.8. The van der Waals surface area contributed by atoms with Gasteiger partial charge < -0.3 is 4.90 Å². The Morgan fingerprint density at radius 3 is 1.60 bits per heavy atom. The zero-order chi connectivity index (χ0) is 38.2. The van der Waals surface area contributed by atoms with Crippen molar-refractivity contribution >= 4 is 103 Å². The third-order valence-electron chi connectivity index (χ3n) is 11.1. The molecule has 0 N–H and O–H groups in total. The molecular weight excluding hydrogens is 770 g/mol. The second-order valence-electron chi connectivity index (χ2n) is 16.8. The van der Waals surface area contributed by atoms with Crippen molar-refractivity contribution in [2.45, 2.75) is 39.3 Å². The largest absolute Gasteiger partial charge is 0.307 e. The first-order valence-corrected chi connectivity index (χ1v) is 26.9. The maximum absolute atomic E-state index is 17.6. The van der Waals surface area contributed by atoms with Gasteiger partial charge in [0.2, 0.25) is 0 Å². The van der Waals surface area contributed by atoms with Crippen LogP contribution in [-0.2, 0) is 0 Å². The molecule has 0 aromatic heterocycles. The van der Waals surface area contributed by atoms with Crippen LogP contribution < -0.4 is 15.3 Å². The number of fused-ring (bicyclic) bond motifs is 3. The SMILES string of the molecule is C[Si](C)(C)c1cc(Br)c2c3ccccc3c3c([Si](C)(C)C)cc(N(c4ccccc4)c4c(F)cc(-c5ccccc5)cc4-c4ccccc4)c4ccc1c2c43. The molecule has 0 saturated heterocycles. The van der Waals surface area contributed by atoms with Crippen molar-refractivity contribution in [1.82, 2.24) is 0 Å². The van der Waals surface area contributed by atoms with Crippen LogP contribution in [0.1, 0.15) is 0 Å². The van der Waals surface area contributed by atoms with Gasteiger partial charge in [-0.1, -0.05) is 176 Å². The van der Waals surface area contributed by atoms with Crippen LogP contribution in [0.15, 0.2) is 156 Å². The summed E-state index contributed by atoms with van der Waals surface area (Å²) in [7, 11) is -3.84. The molecule has 0 amide bonds. The van der Waals surface area contributed by atoms with E-state index in [-0.39, 0.29) is 5.82 Å². The average molecular weight is 813 g/mol. The number of anilines is 3. The Hall–Kier alpha value is -5.08. The molecule has 5 heteroatoms. The summed E-state index contributed by atoms with van der Waals surface area (Å²) in [5.41, 5.74) is 6.09. The molecule has 0 radical (unpaired) electrons. The van der Waals surface area contributed by atoms with Gasteiger partial charge in [0.1, 0.15) is 5.82 Å². The predicted molar refractivity (Wildman–Crippen MR) is 247 cm³/mol. The van der Waals surface area contributed by atoms with Crippen molar-refractivity contribution in [3.05, 3.63) is 162 Å². The second kappa shape index (κ2) is 13.3. The Balaban J connectivity index is 1.50. The summed E-state index contributed by atoms with van der Waals surface area (Å²) in [4.78, 5) is 2.21. The second-order valence-corrected chi connectivity index (χ2v) is 27.7. The highest BCUT2D eigenvalue weighted by Gasteiger charge is 2.32. The molecule has 0 saturated carbocycles. The molecule has 0 atom stereocenters. The molecule has 9 aromatic rings. The first-order valence-electron chi connectivity index (χ1n) is 19.1. The molecule has 55 heavy (non-hydrogen) atoms. The number of para-hydroxylation sites is 1. The highest BCUT2D eigenvalue weighted by Crippen LogP contribution is 2.50. The van der Waals surface area contributed by atoms with Gasteiger partial charge in [-0.15, -0.1) is 0 Å². The van der Waals surface area contributed by atoms with Crippen LogP contribution in [0, 0.1) is 5.82 Å². The molecule has 0 aliphatic rings. The van der Waals surface area contributed by atoms with E-state index < -0.39 is 16.1 Å². The van der Waals surface area contributed by atoms with Gasteiger partial charge in [-0.3, -0.25) is 0 Å². The Morgan fingerprint density at radius 2 is 0.982 bits per heavy atom. The lowest BCUT2D eigenvalue weighted by Gasteiger charge is -2.33. The molecule has 0 spiro atoms. The molecule has 0 bridgehead atoms. The first kappa shape index (κ1) is 35.6. The Kier molecular flexibility index (Phi) is 8.61. The van der Waals surface area contributed by atoms with Gasteiger partial charge in [0.15, 0.2) is 0 Å². The maximum atomic E-state index is 17.6. The molecule has 9 rings (SSSR count). The fraction of sp³-hybridized carbons (Fsp3) is 0.120.